The number of aromatic amines is 1. The Hall–Kier alpha value is -4.47. The van der Waals surface area contributed by atoms with Crippen LogP contribution in [0.1, 0.15) is 52.7 Å². The molecule has 4 heterocycles. The number of aryl methyl sites for hydroxylation is 1. The number of carbonyl (C=O) groups excluding carboxylic acids is 3. The van der Waals surface area contributed by atoms with E-state index in [0.717, 1.165) is 29.5 Å². The SMILES string of the molecule is CCOC(=O)c1cc2cc(C)c(NC(=O)[C@H]3CC4(CC4)CN3C(=O)c3cncn3-c3ccncc3)cc2[nH]1. The van der Waals surface area contributed by atoms with Crippen molar-refractivity contribution in [2.75, 3.05) is 18.5 Å². The van der Waals surface area contributed by atoms with E-state index in [4.69, 9.17) is 4.74 Å². The van der Waals surface area contributed by atoms with E-state index in [9.17, 15) is 14.4 Å². The van der Waals surface area contributed by atoms with Crippen LogP contribution in [0.25, 0.3) is 16.6 Å². The van der Waals surface area contributed by atoms with Gasteiger partial charge in [0.05, 0.1) is 24.8 Å². The lowest BCUT2D eigenvalue weighted by Crippen LogP contribution is -2.43. The number of aromatic nitrogens is 4. The van der Waals surface area contributed by atoms with E-state index in [1.807, 2.05) is 31.2 Å². The van der Waals surface area contributed by atoms with Gasteiger partial charge in [-0.1, -0.05) is 0 Å². The first kappa shape index (κ1) is 23.9. The normalized spacial score (nSPS) is 17.6. The molecule has 1 saturated carbocycles. The van der Waals surface area contributed by atoms with Crippen LogP contribution in [0.15, 0.2) is 55.2 Å². The third-order valence-electron chi connectivity index (χ3n) is 7.55. The third kappa shape index (κ3) is 4.21. The van der Waals surface area contributed by atoms with E-state index in [0.29, 0.717) is 35.6 Å². The zero-order chi connectivity index (χ0) is 26.4. The van der Waals surface area contributed by atoms with Gasteiger partial charge in [-0.05, 0) is 74.4 Å². The molecule has 2 amide bonds. The summed E-state index contributed by atoms with van der Waals surface area (Å²) in [6.07, 6.45) is 9.11. The number of pyridine rings is 1. The molecule has 2 aliphatic rings. The molecular formula is C28H28N6O4. The molecular weight excluding hydrogens is 484 g/mol. The fourth-order valence-electron chi connectivity index (χ4n) is 5.32. The summed E-state index contributed by atoms with van der Waals surface area (Å²) in [5, 5.41) is 3.90. The molecule has 10 nitrogen and oxygen atoms in total. The second kappa shape index (κ2) is 9.13. The summed E-state index contributed by atoms with van der Waals surface area (Å²) in [6.45, 7) is 4.49. The van der Waals surface area contributed by atoms with Crippen molar-refractivity contribution in [2.45, 2.75) is 39.2 Å². The van der Waals surface area contributed by atoms with Crippen LogP contribution < -0.4 is 5.32 Å². The van der Waals surface area contributed by atoms with E-state index in [1.54, 1.807) is 47.4 Å². The number of likely N-dealkylation sites (tertiary alicyclic amines) is 1. The number of rotatable bonds is 6. The van der Waals surface area contributed by atoms with Crippen molar-refractivity contribution in [3.05, 3.63) is 72.2 Å². The minimum absolute atomic E-state index is 0.00613. The number of fused-ring (bicyclic) bond motifs is 1. The molecule has 2 fully saturated rings. The summed E-state index contributed by atoms with van der Waals surface area (Å²) < 4.78 is 6.81. The Morgan fingerprint density at radius 1 is 1.16 bits per heavy atom. The second-order valence-electron chi connectivity index (χ2n) is 10.2. The average molecular weight is 513 g/mol. The zero-order valence-electron chi connectivity index (χ0n) is 21.2. The zero-order valence-corrected chi connectivity index (χ0v) is 21.2. The highest BCUT2D eigenvalue weighted by atomic mass is 16.5. The lowest BCUT2D eigenvalue weighted by molar-refractivity contribution is -0.119. The molecule has 2 N–H and O–H groups in total. The molecule has 0 bridgehead atoms. The summed E-state index contributed by atoms with van der Waals surface area (Å²) in [6, 6.07) is 8.49. The fraction of sp³-hybridized carbons (Fsp3) is 0.321. The molecule has 1 spiro atoms. The number of hydrogen-bond acceptors (Lipinski definition) is 6. The second-order valence-corrected chi connectivity index (χ2v) is 10.2. The van der Waals surface area contributed by atoms with Gasteiger partial charge >= 0.3 is 5.97 Å². The molecule has 4 aromatic rings. The van der Waals surface area contributed by atoms with Gasteiger partial charge in [0.15, 0.2) is 0 Å². The van der Waals surface area contributed by atoms with Crippen molar-refractivity contribution in [1.29, 1.82) is 0 Å². The van der Waals surface area contributed by atoms with Gasteiger partial charge in [0.25, 0.3) is 5.91 Å². The molecule has 3 aromatic heterocycles. The van der Waals surface area contributed by atoms with Crippen molar-refractivity contribution < 1.29 is 19.1 Å². The summed E-state index contributed by atoms with van der Waals surface area (Å²) in [5.74, 6) is -0.872. The first-order valence-corrected chi connectivity index (χ1v) is 12.7. The van der Waals surface area contributed by atoms with Gasteiger partial charge in [0.1, 0.15) is 17.4 Å². The van der Waals surface area contributed by atoms with Crippen molar-refractivity contribution in [3.8, 4) is 5.69 Å². The van der Waals surface area contributed by atoms with E-state index >= 15 is 0 Å². The number of ether oxygens (including phenoxy) is 1. The number of nitrogens with zero attached hydrogens (tertiary/aromatic N) is 4. The number of carbonyl (C=O) groups is 3. The monoisotopic (exact) mass is 512 g/mol. The number of esters is 1. The molecule has 0 unspecified atom stereocenters. The minimum Gasteiger partial charge on any atom is -0.461 e. The highest BCUT2D eigenvalue weighted by Crippen LogP contribution is 2.55. The minimum atomic E-state index is -0.598. The molecule has 1 saturated heterocycles. The van der Waals surface area contributed by atoms with Crippen LogP contribution >= 0.6 is 0 Å². The van der Waals surface area contributed by atoms with Gasteiger partial charge in [0, 0.05) is 35.5 Å². The molecule has 10 heteroatoms. The van der Waals surface area contributed by atoms with Gasteiger partial charge < -0.3 is 19.9 Å². The van der Waals surface area contributed by atoms with Crippen LogP contribution in [0, 0.1) is 12.3 Å². The van der Waals surface area contributed by atoms with Crippen LogP contribution in [0.3, 0.4) is 0 Å². The highest BCUT2D eigenvalue weighted by Gasteiger charge is 2.55. The topological polar surface area (TPSA) is 122 Å². The number of hydrogen-bond donors (Lipinski definition) is 2. The Morgan fingerprint density at radius 2 is 1.95 bits per heavy atom. The van der Waals surface area contributed by atoms with Crippen molar-refractivity contribution in [3.63, 3.8) is 0 Å². The molecule has 1 aliphatic carbocycles. The Labute approximate surface area is 219 Å². The number of benzene rings is 1. The fourth-order valence-corrected chi connectivity index (χ4v) is 5.32. The molecule has 6 rings (SSSR count). The molecule has 1 aliphatic heterocycles. The Bertz CT molecular complexity index is 1550. The first-order chi connectivity index (χ1) is 18.4. The van der Waals surface area contributed by atoms with Crippen LogP contribution in [0.4, 0.5) is 5.69 Å². The van der Waals surface area contributed by atoms with Gasteiger partial charge in [-0.3, -0.25) is 19.1 Å². The van der Waals surface area contributed by atoms with Crippen LogP contribution in [-0.2, 0) is 9.53 Å². The lowest BCUT2D eigenvalue weighted by atomic mass is 10.0. The number of imidazole rings is 1. The van der Waals surface area contributed by atoms with Crippen LogP contribution in [0.2, 0.25) is 0 Å². The molecule has 194 valence electrons. The molecule has 1 atom stereocenters. The standard InChI is InChI=1S/C28H28N6O4/c1-3-38-27(37)22-11-18-10-17(2)20(12-21(18)31-22)32-25(35)23-13-28(6-7-28)15-33(23)26(36)24-14-30-16-34(24)19-4-8-29-9-5-19/h4-5,8-12,14,16,23,31H,3,6-7,13,15H2,1-2H3,(H,32,35)/t23-/m1/s1. The first-order valence-electron chi connectivity index (χ1n) is 12.7. The summed E-state index contributed by atoms with van der Waals surface area (Å²) >= 11 is 0. The van der Waals surface area contributed by atoms with Crippen molar-refractivity contribution >= 4 is 34.4 Å². The highest BCUT2D eigenvalue weighted by molar-refractivity contribution is 6.03. The van der Waals surface area contributed by atoms with E-state index in [2.05, 4.69) is 20.3 Å². The van der Waals surface area contributed by atoms with Crippen LogP contribution in [-0.4, -0.2) is 61.4 Å². The Kier molecular flexibility index (Phi) is 5.74. The Morgan fingerprint density at radius 3 is 2.68 bits per heavy atom. The van der Waals surface area contributed by atoms with Crippen LogP contribution in [0.5, 0.6) is 0 Å². The predicted octanol–water partition coefficient (Wildman–Crippen LogP) is 3.87. The maximum absolute atomic E-state index is 13.8. The number of amides is 2. The van der Waals surface area contributed by atoms with Gasteiger partial charge in [-0.25, -0.2) is 9.78 Å². The third-order valence-corrected chi connectivity index (χ3v) is 7.55. The van der Waals surface area contributed by atoms with Gasteiger partial charge in [0.2, 0.25) is 5.91 Å². The molecule has 38 heavy (non-hydrogen) atoms. The Balaban J connectivity index is 1.26. The van der Waals surface area contributed by atoms with Gasteiger partial charge in [-0.15, -0.1) is 0 Å². The smallest absolute Gasteiger partial charge is 0.354 e. The van der Waals surface area contributed by atoms with Crippen molar-refractivity contribution in [2.24, 2.45) is 5.41 Å². The quantitative estimate of drug-likeness (QED) is 0.378. The van der Waals surface area contributed by atoms with Gasteiger partial charge in [-0.2, -0.15) is 0 Å². The van der Waals surface area contributed by atoms with E-state index in [-0.39, 0.29) is 23.8 Å². The largest absolute Gasteiger partial charge is 0.461 e. The lowest BCUT2D eigenvalue weighted by Gasteiger charge is -2.24. The maximum atomic E-state index is 13.8. The molecule has 1 aromatic carbocycles. The molecule has 0 radical (unpaired) electrons. The summed E-state index contributed by atoms with van der Waals surface area (Å²) in [4.78, 5) is 52.6. The summed E-state index contributed by atoms with van der Waals surface area (Å²) in [7, 11) is 0. The van der Waals surface area contributed by atoms with E-state index in [1.165, 1.54) is 0 Å². The number of anilines is 1. The maximum Gasteiger partial charge on any atom is 0.354 e. The number of H-pyrrole nitrogens is 1. The van der Waals surface area contributed by atoms with E-state index < -0.39 is 12.0 Å². The van der Waals surface area contributed by atoms with Crippen molar-refractivity contribution in [1.82, 2.24) is 24.4 Å². The average Bonchev–Trinajstić information content (AvgIpc) is 3.26. The predicted molar refractivity (Wildman–Crippen MR) is 140 cm³/mol. The summed E-state index contributed by atoms with van der Waals surface area (Å²) in [5.41, 5.74) is 3.75. The number of nitrogens with one attached hydrogen (secondary N) is 2.